The molecule has 0 atom stereocenters. The Labute approximate surface area is 217 Å². The van der Waals surface area contributed by atoms with Crippen LogP contribution in [0.15, 0.2) is 42.5 Å². The average Bonchev–Trinajstić information content (AvgIpc) is 3.20. The van der Waals surface area contributed by atoms with Gasteiger partial charge in [-0.1, -0.05) is 0 Å². The summed E-state index contributed by atoms with van der Waals surface area (Å²) in [6, 6.07) is 9.34. The quantitative estimate of drug-likeness (QED) is 0.518. The molecular weight excluding hydrogens is 498 g/mol. The molecule has 1 aromatic heterocycles. The summed E-state index contributed by atoms with van der Waals surface area (Å²) in [5.41, 5.74) is 6.38. The molecule has 2 aliphatic heterocycles. The topological polar surface area (TPSA) is 115 Å². The number of amides is 2. The largest absolute Gasteiger partial charge is 0.454 e. The number of primary amides is 1. The van der Waals surface area contributed by atoms with E-state index in [2.05, 4.69) is 15.3 Å². The highest BCUT2D eigenvalue weighted by atomic mass is 19.1. The number of carbonyl (C=O) groups is 2. The van der Waals surface area contributed by atoms with Crippen molar-refractivity contribution in [1.82, 2.24) is 14.7 Å². The van der Waals surface area contributed by atoms with Crippen LogP contribution in [0, 0.1) is 11.6 Å². The van der Waals surface area contributed by atoms with Gasteiger partial charge in [0.05, 0.1) is 11.7 Å². The molecule has 200 valence electrons. The summed E-state index contributed by atoms with van der Waals surface area (Å²) in [4.78, 5) is 28.5. The number of likely N-dealkylation sites (tertiary alicyclic amines) is 1. The van der Waals surface area contributed by atoms with Crippen molar-refractivity contribution in [1.29, 1.82) is 0 Å². The van der Waals surface area contributed by atoms with Gasteiger partial charge in [-0.15, -0.1) is 5.10 Å². The van der Waals surface area contributed by atoms with Crippen LogP contribution in [0.2, 0.25) is 0 Å². The first kappa shape index (κ1) is 25.3. The van der Waals surface area contributed by atoms with Gasteiger partial charge in [0.25, 0.3) is 5.91 Å². The first-order valence-electron chi connectivity index (χ1n) is 12.1. The van der Waals surface area contributed by atoms with Crippen LogP contribution in [0.5, 0.6) is 11.5 Å². The molecule has 10 nitrogen and oxygen atoms in total. The Hall–Kier alpha value is -4.35. The maximum atomic E-state index is 14.0. The molecule has 1 fully saturated rings. The molecule has 38 heavy (non-hydrogen) atoms. The van der Waals surface area contributed by atoms with Crippen LogP contribution in [0.25, 0.3) is 5.69 Å². The van der Waals surface area contributed by atoms with E-state index in [1.807, 2.05) is 20.8 Å². The number of hydrogen-bond acceptors (Lipinski definition) is 7. The van der Waals surface area contributed by atoms with Crippen LogP contribution in [0.4, 0.5) is 25.1 Å². The van der Waals surface area contributed by atoms with Gasteiger partial charge < -0.3 is 30.3 Å². The SMILES string of the molecule is CC(C)(C)OC(=O)N1CC(N2CCNc3c2nn(-c2ccc(Oc4cc(F)ccc4F)cc2)c3C(N)=O)C1. The van der Waals surface area contributed by atoms with Crippen LogP contribution >= 0.6 is 0 Å². The summed E-state index contributed by atoms with van der Waals surface area (Å²) >= 11 is 0. The first-order chi connectivity index (χ1) is 18.0. The number of rotatable bonds is 5. The fourth-order valence-corrected chi connectivity index (χ4v) is 4.41. The van der Waals surface area contributed by atoms with Crippen LogP contribution in [-0.4, -0.2) is 64.5 Å². The number of nitrogens with zero attached hydrogens (tertiary/aromatic N) is 4. The molecule has 2 amide bonds. The number of nitrogens with one attached hydrogen (secondary N) is 1. The summed E-state index contributed by atoms with van der Waals surface area (Å²) in [6.45, 7) is 7.59. The Bertz CT molecular complexity index is 1380. The summed E-state index contributed by atoms with van der Waals surface area (Å²) in [5, 5.41) is 7.91. The van der Waals surface area contributed by atoms with Crippen molar-refractivity contribution in [2.45, 2.75) is 32.4 Å². The molecule has 0 radical (unpaired) electrons. The molecule has 2 aromatic carbocycles. The summed E-state index contributed by atoms with van der Waals surface area (Å²) in [6.07, 6.45) is -0.368. The maximum Gasteiger partial charge on any atom is 0.410 e. The molecule has 2 aliphatic rings. The van der Waals surface area contributed by atoms with Gasteiger partial charge in [-0.05, 0) is 57.2 Å². The number of benzene rings is 2. The number of anilines is 2. The van der Waals surface area contributed by atoms with Crippen molar-refractivity contribution in [3.63, 3.8) is 0 Å². The average molecular weight is 527 g/mol. The molecule has 0 unspecified atom stereocenters. The third kappa shape index (κ3) is 4.93. The Morgan fingerprint density at radius 2 is 1.82 bits per heavy atom. The molecule has 3 aromatic rings. The predicted molar refractivity (Wildman–Crippen MR) is 136 cm³/mol. The molecule has 0 bridgehead atoms. The van der Waals surface area contributed by atoms with Crippen molar-refractivity contribution in [3.8, 4) is 17.2 Å². The van der Waals surface area contributed by atoms with E-state index in [0.29, 0.717) is 43.4 Å². The molecule has 1 saturated heterocycles. The van der Waals surface area contributed by atoms with Crippen molar-refractivity contribution < 1.29 is 27.8 Å². The molecular formula is C26H28F2N6O4. The number of nitrogens with two attached hydrogens (primary N) is 1. The second-order valence-corrected chi connectivity index (χ2v) is 10.2. The third-order valence-electron chi connectivity index (χ3n) is 6.18. The van der Waals surface area contributed by atoms with Crippen LogP contribution in [0.1, 0.15) is 31.3 Å². The molecule has 3 heterocycles. The summed E-state index contributed by atoms with van der Waals surface area (Å²) < 4.78 is 39.8. The van der Waals surface area contributed by atoms with Gasteiger partial charge in [-0.2, -0.15) is 0 Å². The van der Waals surface area contributed by atoms with Gasteiger partial charge in [0, 0.05) is 32.2 Å². The maximum absolute atomic E-state index is 14.0. The van der Waals surface area contributed by atoms with E-state index < -0.39 is 23.1 Å². The highest BCUT2D eigenvalue weighted by Gasteiger charge is 2.41. The highest BCUT2D eigenvalue weighted by Crippen LogP contribution is 2.36. The lowest BCUT2D eigenvalue weighted by Gasteiger charge is -2.46. The normalized spacial score (nSPS) is 15.4. The van der Waals surface area contributed by atoms with Crippen molar-refractivity contribution in [3.05, 3.63) is 59.8 Å². The number of ether oxygens (including phenoxy) is 2. The summed E-state index contributed by atoms with van der Waals surface area (Å²) in [7, 11) is 0. The zero-order valence-corrected chi connectivity index (χ0v) is 21.2. The Morgan fingerprint density at radius 1 is 1.11 bits per heavy atom. The fraction of sp³-hybridized carbons (Fsp3) is 0.346. The number of hydrogen-bond donors (Lipinski definition) is 2. The van der Waals surface area contributed by atoms with E-state index in [9.17, 15) is 18.4 Å². The fourth-order valence-electron chi connectivity index (χ4n) is 4.41. The Morgan fingerprint density at radius 3 is 2.47 bits per heavy atom. The van der Waals surface area contributed by atoms with Gasteiger partial charge in [-0.25, -0.2) is 18.3 Å². The lowest BCUT2D eigenvalue weighted by molar-refractivity contribution is 0.00807. The van der Waals surface area contributed by atoms with Gasteiger partial charge in [0.15, 0.2) is 23.1 Å². The number of fused-ring (bicyclic) bond motifs is 1. The van der Waals surface area contributed by atoms with E-state index >= 15 is 0 Å². The summed E-state index contributed by atoms with van der Waals surface area (Å²) in [5.74, 6) is -1.40. The van der Waals surface area contributed by atoms with Crippen molar-refractivity contribution in [2.75, 3.05) is 36.4 Å². The van der Waals surface area contributed by atoms with Crippen molar-refractivity contribution in [2.24, 2.45) is 5.73 Å². The van der Waals surface area contributed by atoms with Gasteiger partial charge >= 0.3 is 6.09 Å². The highest BCUT2D eigenvalue weighted by molar-refractivity contribution is 6.00. The lowest BCUT2D eigenvalue weighted by atomic mass is 10.1. The number of carbonyl (C=O) groups excluding carboxylic acids is 2. The van der Waals surface area contributed by atoms with Gasteiger partial charge in [0.2, 0.25) is 0 Å². The van der Waals surface area contributed by atoms with Crippen molar-refractivity contribution >= 4 is 23.5 Å². The second kappa shape index (κ2) is 9.51. The number of halogens is 2. The zero-order chi connectivity index (χ0) is 27.2. The predicted octanol–water partition coefficient (Wildman–Crippen LogP) is 3.89. The van der Waals surface area contributed by atoms with E-state index in [1.165, 1.54) is 4.68 Å². The molecule has 12 heteroatoms. The molecule has 0 saturated carbocycles. The number of aromatic nitrogens is 2. The molecule has 0 spiro atoms. The van der Waals surface area contributed by atoms with Crippen LogP contribution < -0.4 is 20.7 Å². The van der Waals surface area contributed by atoms with E-state index in [4.69, 9.17) is 15.2 Å². The van der Waals surface area contributed by atoms with E-state index in [1.54, 1.807) is 29.2 Å². The van der Waals surface area contributed by atoms with Gasteiger partial charge in [0.1, 0.15) is 22.9 Å². The third-order valence-corrected chi connectivity index (χ3v) is 6.18. The Kier molecular flexibility index (Phi) is 6.33. The van der Waals surface area contributed by atoms with E-state index in [0.717, 1.165) is 18.2 Å². The second-order valence-electron chi connectivity index (χ2n) is 10.2. The first-order valence-corrected chi connectivity index (χ1v) is 12.1. The molecule has 3 N–H and O–H groups in total. The minimum Gasteiger partial charge on any atom is -0.454 e. The Balaban J connectivity index is 1.37. The van der Waals surface area contributed by atoms with E-state index in [-0.39, 0.29) is 29.3 Å². The molecule has 5 rings (SSSR count). The van der Waals surface area contributed by atoms with Crippen LogP contribution in [0.3, 0.4) is 0 Å². The zero-order valence-electron chi connectivity index (χ0n) is 21.2. The smallest absolute Gasteiger partial charge is 0.410 e. The standard InChI is InChI=1S/C26H28F2N6O4/c1-26(2,3)38-25(36)32-13-17(14-32)33-11-10-30-21-22(23(29)35)34(31-24(21)33)16-5-7-18(8-6-16)37-20-12-15(27)4-9-19(20)28/h4-9,12,17,30H,10-11,13-14H2,1-3H3,(H2,29,35). The van der Waals surface area contributed by atoms with Crippen LogP contribution in [-0.2, 0) is 4.74 Å². The lowest BCUT2D eigenvalue weighted by Crippen LogP contribution is -2.63. The minimum atomic E-state index is -0.696. The molecule has 0 aliphatic carbocycles. The monoisotopic (exact) mass is 526 g/mol. The minimum absolute atomic E-state index is 0.00406. The van der Waals surface area contributed by atoms with Gasteiger partial charge in [-0.3, -0.25) is 4.79 Å².